The van der Waals surface area contributed by atoms with E-state index < -0.39 is 17.0 Å². The molecular formula is C16H25NO5. The van der Waals surface area contributed by atoms with E-state index in [9.17, 15) is 14.7 Å². The van der Waals surface area contributed by atoms with Crippen molar-refractivity contribution < 1.29 is 24.2 Å². The Kier molecular flexibility index (Phi) is 3.53. The first kappa shape index (κ1) is 15.7. The minimum atomic E-state index is -0.865. The average molecular weight is 311 g/mol. The molecule has 1 aliphatic carbocycles. The summed E-state index contributed by atoms with van der Waals surface area (Å²) in [6.07, 6.45) is 2.48. The van der Waals surface area contributed by atoms with E-state index in [0.717, 1.165) is 12.8 Å². The van der Waals surface area contributed by atoms with Crippen LogP contribution in [0.4, 0.5) is 0 Å². The summed E-state index contributed by atoms with van der Waals surface area (Å²) in [6, 6.07) is 0. The zero-order valence-electron chi connectivity index (χ0n) is 13.6. The number of ether oxygens (including phenoxy) is 2. The smallest absolute Gasteiger partial charge is 0.312 e. The van der Waals surface area contributed by atoms with E-state index in [1.165, 1.54) is 0 Å². The zero-order chi connectivity index (χ0) is 16.2. The molecule has 6 nitrogen and oxygen atoms in total. The van der Waals surface area contributed by atoms with Crippen LogP contribution in [0.2, 0.25) is 0 Å². The van der Waals surface area contributed by atoms with Crippen LogP contribution >= 0.6 is 0 Å². The quantitative estimate of drug-likeness (QED) is 0.853. The normalized spacial score (nSPS) is 35.3. The van der Waals surface area contributed by atoms with E-state index in [1.54, 1.807) is 0 Å². The van der Waals surface area contributed by atoms with Crippen molar-refractivity contribution in [2.75, 3.05) is 19.7 Å². The fourth-order valence-electron chi connectivity index (χ4n) is 3.91. The van der Waals surface area contributed by atoms with Crippen LogP contribution in [0.25, 0.3) is 0 Å². The lowest BCUT2D eigenvalue weighted by molar-refractivity contribution is -0.167. The van der Waals surface area contributed by atoms with Crippen molar-refractivity contribution >= 4 is 11.9 Å². The van der Waals surface area contributed by atoms with Crippen molar-refractivity contribution in [3.8, 4) is 0 Å². The van der Waals surface area contributed by atoms with Gasteiger partial charge in [0.05, 0.1) is 23.7 Å². The van der Waals surface area contributed by atoms with Gasteiger partial charge in [-0.15, -0.1) is 0 Å². The minimum absolute atomic E-state index is 0.0314. The highest BCUT2D eigenvalue weighted by Gasteiger charge is 2.70. The van der Waals surface area contributed by atoms with E-state index >= 15 is 0 Å². The van der Waals surface area contributed by atoms with E-state index in [2.05, 4.69) is 0 Å². The van der Waals surface area contributed by atoms with Crippen LogP contribution in [0.3, 0.4) is 0 Å². The molecule has 0 aromatic rings. The highest BCUT2D eigenvalue weighted by atomic mass is 16.5. The summed E-state index contributed by atoms with van der Waals surface area (Å²) in [5, 5.41) is 9.24. The third kappa shape index (κ3) is 2.52. The van der Waals surface area contributed by atoms with Gasteiger partial charge in [0.15, 0.2) is 0 Å². The molecule has 1 N–H and O–H groups in total. The Labute approximate surface area is 130 Å². The molecule has 124 valence electrons. The van der Waals surface area contributed by atoms with Crippen LogP contribution in [0, 0.1) is 5.41 Å². The van der Waals surface area contributed by atoms with E-state index in [4.69, 9.17) is 9.47 Å². The number of carbonyl (C=O) groups is 2. The molecule has 0 spiro atoms. The van der Waals surface area contributed by atoms with E-state index in [-0.39, 0.29) is 24.2 Å². The molecule has 0 aromatic carbocycles. The summed E-state index contributed by atoms with van der Waals surface area (Å²) in [6.45, 7) is 7.59. The molecule has 6 heteroatoms. The van der Waals surface area contributed by atoms with Crippen molar-refractivity contribution in [3.63, 3.8) is 0 Å². The van der Waals surface area contributed by atoms with E-state index in [1.807, 2.05) is 25.7 Å². The summed E-state index contributed by atoms with van der Waals surface area (Å²) < 4.78 is 11.6. The molecule has 1 saturated carbocycles. The maximum absolute atomic E-state index is 12.7. The van der Waals surface area contributed by atoms with Crippen molar-refractivity contribution in [3.05, 3.63) is 0 Å². The monoisotopic (exact) mass is 311 g/mol. The number of carbonyl (C=O) groups excluding carboxylic acids is 1. The molecule has 3 saturated heterocycles. The highest BCUT2D eigenvalue weighted by molar-refractivity contribution is 5.92. The Bertz CT molecular complexity index is 481. The fraction of sp³-hybridized carbons (Fsp3) is 0.875. The number of carboxylic acid groups (broad SMARTS) is 1. The van der Waals surface area contributed by atoms with E-state index in [0.29, 0.717) is 25.9 Å². The topological polar surface area (TPSA) is 76.1 Å². The lowest BCUT2D eigenvalue weighted by atomic mass is 9.62. The predicted octanol–water partition coefficient (Wildman–Crippen LogP) is 1.43. The second-order valence-corrected chi connectivity index (χ2v) is 7.94. The molecule has 0 radical (unpaired) electrons. The molecule has 3 aliphatic heterocycles. The fourth-order valence-corrected chi connectivity index (χ4v) is 3.91. The van der Waals surface area contributed by atoms with Crippen LogP contribution in [-0.4, -0.2) is 58.9 Å². The van der Waals surface area contributed by atoms with Gasteiger partial charge in [0.1, 0.15) is 5.60 Å². The maximum atomic E-state index is 12.7. The molecule has 2 bridgehead atoms. The predicted molar refractivity (Wildman–Crippen MR) is 78.4 cm³/mol. The van der Waals surface area contributed by atoms with Gasteiger partial charge < -0.3 is 19.5 Å². The lowest BCUT2D eigenvalue weighted by Crippen LogP contribution is -2.59. The van der Waals surface area contributed by atoms with Crippen LogP contribution in [0.1, 0.15) is 46.5 Å². The summed E-state index contributed by atoms with van der Waals surface area (Å²) in [4.78, 5) is 25.8. The number of rotatable bonds is 3. The number of fused-ring (bicyclic) bond motifs is 1. The summed E-state index contributed by atoms with van der Waals surface area (Å²) >= 11 is 0. The molecule has 0 aromatic heterocycles. The molecule has 3 heterocycles. The van der Waals surface area contributed by atoms with Gasteiger partial charge in [-0.2, -0.15) is 0 Å². The van der Waals surface area contributed by atoms with Gasteiger partial charge in [0, 0.05) is 25.9 Å². The number of aliphatic carboxylic acids is 1. The first-order valence-corrected chi connectivity index (χ1v) is 8.00. The van der Waals surface area contributed by atoms with Crippen LogP contribution < -0.4 is 0 Å². The molecule has 4 rings (SSSR count). The van der Waals surface area contributed by atoms with Crippen molar-refractivity contribution in [1.29, 1.82) is 0 Å². The van der Waals surface area contributed by atoms with Gasteiger partial charge in [-0.3, -0.25) is 9.59 Å². The van der Waals surface area contributed by atoms with Crippen molar-refractivity contribution in [2.24, 2.45) is 5.41 Å². The number of nitrogens with zero attached hydrogens (tertiary/aromatic N) is 1. The number of likely N-dealkylation sites (tertiary alicyclic amines) is 1. The Morgan fingerprint density at radius 3 is 2.27 bits per heavy atom. The van der Waals surface area contributed by atoms with Gasteiger partial charge in [0.2, 0.25) is 0 Å². The summed E-state index contributed by atoms with van der Waals surface area (Å²) in [7, 11) is 0. The summed E-state index contributed by atoms with van der Waals surface area (Å²) in [5.74, 6) is -0.873. The highest BCUT2D eigenvalue weighted by Crippen LogP contribution is 2.58. The van der Waals surface area contributed by atoms with Crippen LogP contribution in [0.5, 0.6) is 0 Å². The second-order valence-electron chi connectivity index (χ2n) is 7.94. The zero-order valence-corrected chi connectivity index (χ0v) is 13.6. The van der Waals surface area contributed by atoms with Crippen LogP contribution in [0.15, 0.2) is 0 Å². The van der Waals surface area contributed by atoms with Crippen molar-refractivity contribution in [2.45, 2.75) is 63.8 Å². The largest absolute Gasteiger partial charge is 0.481 e. The second kappa shape index (κ2) is 4.93. The third-order valence-corrected chi connectivity index (χ3v) is 4.97. The Hall–Kier alpha value is -1.14. The number of hydrogen-bond acceptors (Lipinski definition) is 4. The van der Waals surface area contributed by atoms with Gasteiger partial charge in [0.25, 0.3) is 5.91 Å². The molecular weight excluding hydrogens is 286 g/mol. The van der Waals surface area contributed by atoms with Crippen LogP contribution in [-0.2, 0) is 19.1 Å². The van der Waals surface area contributed by atoms with Gasteiger partial charge in [-0.05, 0) is 33.6 Å². The molecule has 4 fully saturated rings. The molecule has 0 atom stereocenters. The molecule has 22 heavy (non-hydrogen) atoms. The summed E-state index contributed by atoms with van der Waals surface area (Å²) in [5.41, 5.74) is -1.85. The van der Waals surface area contributed by atoms with Crippen molar-refractivity contribution in [1.82, 2.24) is 4.90 Å². The SMILES string of the molecule is CC(C)(C)OC1CCN(C(=O)C23CC(C(=O)O)(CO2)C3)CC1. The van der Waals surface area contributed by atoms with Gasteiger partial charge in [-0.1, -0.05) is 0 Å². The standard InChI is InChI=1S/C16H25NO5/c1-14(2,3)22-11-4-6-17(7-5-11)12(18)16-8-15(9-16,10-21-16)13(19)20/h11H,4-10H2,1-3H3,(H,19,20). The first-order chi connectivity index (χ1) is 10.2. The first-order valence-electron chi connectivity index (χ1n) is 8.00. The third-order valence-electron chi connectivity index (χ3n) is 4.97. The number of hydrogen-bond donors (Lipinski definition) is 1. The lowest BCUT2D eigenvalue weighted by Gasteiger charge is -2.44. The average Bonchev–Trinajstić information content (AvgIpc) is 2.94. The Balaban J connectivity index is 1.55. The minimum Gasteiger partial charge on any atom is -0.481 e. The number of piperidine rings is 1. The molecule has 1 amide bonds. The number of carboxylic acids is 1. The maximum Gasteiger partial charge on any atom is 0.312 e. The van der Waals surface area contributed by atoms with Gasteiger partial charge >= 0.3 is 5.97 Å². The Morgan fingerprint density at radius 1 is 1.23 bits per heavy atom. The van der Waals surface area contributed by atoms with Gasteiger partial charge in [-0.25, -0.2) is 0 Å². The molecule has 4 aliphatic rings. The molecule has 0 unspecified atom stereocenters. The Morgan fingerprint density at radius 2 is 1.82 bits per heavy atom. The number of amides is 1.